The molecule has 1 fully saturated rings. The van der Waals surface area contributed by atoms with Gasteiger partial charge in [0.05, 0.1) is 0 Å². The van der Waals surface area contributed by atoms with Gasteiger partial charge in [-0.15, -0.1) is 0 Å². The molecule has 2 aliphatic carbocycles. The van der Waals surface area contributed by atoms with Crippen molar-refractivity contribution in [2.45, 2.75) is 20.8 Å². The van der Waals surface area contributed by atoms with Crippen LogP contribution in [0.5, 0.6) is 0 Å². The van der Waals surface area contributed by atoms with E-state index < -0.39 is 0 Å². The van der Waals surface area contributed by atoms with Gasteiger partial charge in [0.25, 0.3) is 0 Å². The minimum atomic E-state index is 0.320. The summed E-state index contributed by atoms with van der Waals surface area (Å²) in [5, 5.41) is 0. The first kappa shape index (κ1) is 9.45. The monoisotopic (exact) mass is 187 g/mol. The summed E-state index contributed by atoms with van der Waals surface area (Å²) in [5.74, 6) is 1.41. The summed E-state index contributed by atoms with van der Waals surface area (Å²) < 4.78 is 0. The predicted molar refractivity (Wildman–Crippen MR) is 61.3 cm³/mol. The Hall–Kier alpha value is -1.11. The molecule has 0 bridgehead atoms. The molecule has 14 heavy (non-hydrogen) atoms. The van der Waals surface area contributed by atoms with Crippen molar-refractivity contribution in [2.24, 2.45) is 22.2 Å². The van der Waals surface area contributed by atoms with Gasteiger partial charge in [0.2, 0.25) is 0 Å². The van der Waals surface area contributed by atoms with Gasteiger partial charge in [-0.3, -0.25) is 4.99 Å². The van der Waals surface area contributed by atoms with Crippen LogP contribution < -0.4 is 0 Å². The van der Waals surface area contributed by atoms with Gasteiger partial charge in [0.1, 0.15) is 0 Å². The molecular weight excluding hydrogens is 170 g/mol. The molecule has 74 valence electrons. The average molecular weight is 187 g/mol. The minimum Gasteiger partial charge on any atom is -0.267 e. The molecule has 0 aromatic heterocycles. The fraction of sp³-hybridized carbons (Fsp3) is 0.462. The molecule has 1 nitrogen and oxygen atoms in total. The van der Waals surface area contributed by atoms with Crippen LogP contribution in [0.25, 0.3) is 0 Å². The van der Waals surface area contributed by atoms with E-state index >= 15 is 0 Å². The third-order valence-corrected chi connectivity index (χ3v) is 3.31. The van der Waals surface area contributed by atoms with Crippen molar-refractivity contribution in [3.05, 3.63) is 36.1 Å². The van der Waals surface area contributed by atoms with Crippen LogP contribution in [0.15, 0.2) is 41.1 Å². The predicted octanol–water partition coefficient (Wildman–Crippen LogP) is 3.36. The topological polar surface area (TPSA) is 12.4 Å². The second-order valence-corrected chi connectivity index (χ2v) is 4.36. The first-order valence-electron chi connectivity index (χ1n) is 5.21. The molecule has 1 heteroatoms. The minimum absolute atomic E-state index is 0.320. The van der Waals surface area contributed by atoms with Gasteiger partial charge in [0, 0.05) is 17.3 Å². The molecule has 0 spiro atoms. The van der Waals surface area contributed by atoms with Gasteiger partial charge in [0.15, 0.2) is 0 Å². The summed E-state index contributed by atoms with van der Waals surface area (Å²) in [5.41, 5.74) is 1.45. The molecule has 0 saturated heterocycles. The number of rotatable bonds is 2. The van der Waals surface area contributed by atoms with E-state index in [1.165, 1.54) is 0 Å². The van der Waals surface area contributed by atoms with Crippen LogP contribution in [0.4, 0.5) is 0 Å². The lowest BCUT2D eigenvalue weighted by molar-refractivity contribution is 0.665. The quantitative estimate of drug-likeness (QED) is 0.588. The van der Waals surface area contributed by atoms with Crippen molar-refractivity contribution in [2.75, 3.05) is 0 Å². The Kier molecular flexibility index (Phi) is 2.18. The second kappa shape index (κ2) is 3.23. The number of hydrogen-bond donors (Lipinski definition) is 0. The largest absolute Gasteiger partial charge is 0.267 e. The molecule has 2 aliphatic rings. The van der Waals surface area contributed by atoms with E-state index in [9.17, 15) is 0 Å². The van der Waals surface area contributed by atoms with Crippen molar-refractivity contribution in [1.82, 2.24) is 0 Å². The van der Waals surface area contributed by atoms with E-state index in [0.717, 1.165) is 5.70 Å². The van der Waals surface area contributed by atoms with Crippen molar-refractivity contribution >= 4 is 6.21 Å². The lowest BCUT2D eigenvalue weighted by atomic mass is 10.0. The van der Waals surface area contributed by atoms with E-state index in [1.54, 1.807) is 0 Å². The molecule has 1 saturated carbocycles. The van der Waals surface area contributed by atoms with E-state index in [0.29, 0.717) is 17.3 Å². The van der Waals surface area contributed by atoms with Gasteiger partial charge in [-0.1, -0.05) is 37.3 Å². The van der Waals surface area contributed by atoms with Gasteiger partial charge < -0.3 is 0 Å². The molecule has 0 heterocycles. The van der Waals surface area contributed by atoms with Crippen LogP contribution >= 0.6 is 0 Å². The summed E-state index contributed by atoms with van der Waals surface area (Å²) in [6, 6.07) is 0. The Balaban J connectivity index is 2.17. The second-order valence-electron chi connectivity index (χ2n) is 4.36. The van der Waals surface area contributed by atoms with Crippen LogP contribution in [0.2, 0.25) is 0 Å². The summed E-state index contributed by atoms with van der Waals surface area (Å²) in [6.45, 7) is 6.35. The standard InChI is InChI=1S/C13H17N/c1-4-14-10(2)9-13(3)11-7-5-6-8-12(11)13/h4-9,11-12H,1-3H3/b10-9-,14-4?. The maximum Gasteiger partial charge on any atom is 0.0334 e. The van der Waals surface area contributed by atoms with Gasteiger partial charge in [-0.2, -0.15) is 0 Å². The molecule has 0 aromatic rings. The van der Waals surface area contributed by atoms with E-state index in [-0.39, 0.29) is 0 Å². The fourth-order valence-electron chi connectivity index (χ4n) is 2.51. The Morgan fingerprint density at radius 2 is 1.86 bits per heavy atom. The van der Waals surface area contributed by atoms with Crippen molar-refractivity contribution in [3.63, 3.8) is 0 Å². The van der Waals surface area contributed by atoms with Gasteiger partial charge in [-0.05, 0) is 25.7 Å². The molecular formula is C13H17N. The number of hydrogen-bond acceptors (Lipinski definition) is 1. The van der Waals surface area contributed by atoms with E-state index in [4.69, 9.17) is 0 Å². The highest BCUT2D eigenvalue weighted by Crippen LogP contribution is 2.62. The Morgan fingerprint density at radius 1 is 1.29 bits per heavy atom. The van der Waals surface area contributed by atoms with E-state index in [2.05, 4.69) is 49.2 Å². The average Bonchev–Trinajstić information content (AvgIpc) is 2.73. The maximum atomic E-state index is 4.30. The van der Waals surface area contributed by atoms with Gasteiger partial charge in [-0.25, -0.2) is 0 Å². The maximum absolute atomic E-state index is 4.30. The third kappa shape index (κ3) is 1.37. The van der Waals surface area contributed by atoms with Crippen LogP contribution in [0, 0.1) is 17.3 Å². The zero-order valence-corrected chi connectivity index (χ0v) is 9.07. The Morgan fingerprint density at radius 3 is 2.36 bits per heavy atom. The number of fused-ring (bicyclic) bond motifs is 1. The lowest BCUT2D eigenvalue weighted by Crippen LogP contribution is -1.93. The Labute approximate surface area is 85.9 Å². The lowest BCUT2D eigenvalue weighted by Gasteiger charge is -2.03. The normalized spacial score (nSPS) is 40.4. The van der Waals surface area contributed by atoms with Crippen LogP contribution in [0.3, 0.4) is 0 Å². The van der Waals surface area contributed by atoms with E-state index in [1.807, 2.05) is 13.1 Å². The highest BCUT2D eigenvalue weighted by atomic mass is 14.7. The van der Waals surface area contributed by atoms with Crippen molar-refractivity contribution in [1.29, 1.82) is 0 Å². The fourth-order valence-corrected chi connectivity index (χ4v) is 2.51. The molecule has 0 N–H and O–H groups in total. The summed E-state index contributed by atoms with van der Waals surface area (Å²) in [7, 11) is 0. The highest BCUT2D eigenvalue weighted by Gasteiger charge is 2.57. The summed E-state index contributed by atoms with van der Waals surface area (Å²) >= 11 is 0. The zero-order chi connectivity index (χ0) is 10.2. The molecule has 2 unspecified atom stereocenters. The zero-order valence-electron chi connectivity index (χ0n) is 9.07. The number of nitrogens with zero attached hydrogens (tertiary/aromatic N) is 1. The molecule has 2 rings (SSSR count). The number of aliphatic imine (C=N–C) groups is 1. The van der Waals surface area contributed by atoms with Crippen LogP contribution in [-0.4, -0.2) is 6.21 Å². The molecule has 0 aliphatic heterocycles. The molecule has 0 radical (unpaired) electrons. The summed E-state index contributed by atoms with van der Waals surface area (Å²) in [4.78, 5) is 4.30. The smallest absolute Gasteiger partial charge is 0.0334 e. The first-order valence-corrected chi connectivity index (χ1v) is 5.21. The van der Waals surface area contributed by atoms with Gasteiger partial charge >= 0.3 is 0 Å². The molecule has 0 amide bonds. The summed E-state index contributed by atoms with van der Waals surface area (Å²) in [6.07, 6.45) is 13.1. The van der Waals surface area contributed by atoms with Crippen molar-refractivity contribution < 1.29 is 0 Å². The van der Waals surface area contributed by atoms with Crippen molar-refractivity contribution in [3.8, 4) is 0 Å². The molecule has 2 atom stereocenters. The van der Waals surface area contributed by atoms with Crippen LogP contribution in [0.1, 0.15) is 20.8 Å². The number of allylic oxidation sites excluding steroid dienone is 6. The SMILES string of the molecule is CC=N/C(C)=C\C1(C)C2C=CC=CC21. The molecule has 0 aromatic carbocycles. The first-order chi connectivity index (χ1) is 6.68. The highest BCUT2D eigenvalue weighted by molar-refractivity contribution is 5.55. The Bertz CT molecular complexity index is 326. The third-order valence-electron chi connectivity index (χ3n) is 3.31. The van der Waals surface area contributed by atoms with Crippen LogP contribution in [-0.2, 0) is 0 Å².